The Labute approximate surface area is 189 Å². The molecule has 31 heavy (non-hydrogen) atoms. The first kappa shape index (κ1) is 22.7. The van der Waals surface area contributed by atoms with Crippen LogP contribution in [0.3, 0.4) is 0 Å². The van der Waals surface area contributed by atoms with Gasteiger partial charge in [-0.1, -0.05) is 41.4 Å². The molecule has 10 heteroatoms. The van der Waals surface area contributed by atoms with Crippen molar-refractivity contribution in [3.05, 3.63) is 98.9 Å². The van der Waals surface area contributed by atoms with Gasteiger partial charge in [-0.05, 0) is 42.0 Å². The van der Waals surface area contributed by atoms with Crippen molar-refractivity contribution < 1.29 is 8.42 Å². The van der Waals surface area contributed by atoms with E-state index in [0.717, 1.165) is 4.68 Å². The molecular weight excluding hydrogens is 459 g/mol. The van der Waals surface area contributed by atoms with Crippen LogP contribution in [-0.4, -0.2) is 29.0 Å². The minimum Gasteiger partial charge on any atom is -0.266 e. The molecule has 0 aliphatic heterocycles. The van der Waals surface area contributed by atoms with Crippen LogP contribution in [0.4, 0.5) is 0 Å². The first-order valence-corrected chi connectivity index (χ1v) is 11.1. The summed E-state index contributed by atoms with van der Waals surface area (Å²) in [6.07, 6.45) is 2.72. The Morgan fingerprint density at radius 2 is 1.90 bits per heavy atom. The summed E-state index contributed by atoms with van der Waals surface area (Å²) in [5.74, 6) is 0. The minimum absolute atomic E-state index is 0.0302. The van der Waals surface area contributed by atoms with E-state index in [9.17, 15) is 13.2 Å². The highest BCUT2D eigenvalue weighted by molar-refractivity contribution is 7.89. The first-order chi connectivity index (χ1) is 14.8. The quantitative estimate of drug-likeness (QED) is 0.485. The molecule has 0 atom stereocenters. The second-order valence-corrected chi connectivity index (χ2v) is 9.14. The predicted octanol–water partition coefficient (Wildman–Crippen LogP) is 3.79. The molecular formula is C21H16Cl2N4O3S. The van der Waals surface area contributed by atoms with Gasteiger partial charge in [0, 0.05) is 13.1 Å². The van der Waals surface area contributed by atoms with Gasteiger partial charge in [0.25, 0.3) is 5.56 Å². The zero-order valence-corrected chi connectivity index (χ0v) is 18.4. The average molecular weight is 475 g/mol. The summed E-state index contributed by atoms with van der Waals surface area (Å²) in [6, 6.07) is 14.4. The van der Waals surface area contributed by atoms with Crippen molar-refractivity contribution in [1.82, 2.24) is 14.1 Å². The van der Waals surface area contributed by atoms with Crippen molar-refractivity contribution in [2.24, 2.45) is 0 Å². The summed E-state index contributed by atoms with van der Waals surface area (Å²) in [5.41, 5.74) is 0.833. The number of nitriles is 1. The second kappa shape index (κ2) is 9.45. The lowest BCUT2D eigenvalue weighted by molar-refractivity contribution is 0.438. The summed E-state index contributed by atoms with van der Waals surface area (Å²) < 4.78 is 28.6. The van der Waals surface area contributed by atoms with Crippen LogP contribution in [0.25, 0.3) is 5.69 Å². The summed E-state index contributed by atoms with van der Waals surface area (Å²) in [6.45, 7) is 3.78. The Hall–Kier alpha value is -2.96. The number of aromatic nitrogens is 2. The van der Waals surface area contributed by atoms with E-state index in [-0.39, 0.29) is 28.0 Å². The summed E-state index contributed by atoms with van der Waals surface area (Å²) in [4.78, 5) is 12.3. The number of halogens is 2. The molecule has 1 heterocycles. The highest BCUT2D eigenvalue weighted by Crippen LogP contribution is 2.21. The van der Waals surface area contributed by atoms with E-state index in [1.54, 1.807) is 24.3 Å². The molecule has 0 spiro atoms. The van der Waals surface area contributed by atoms with Crippen LogP contribution < -0.4 is 5.56 Å². The molecule has 0 fully saturated rings. The molecule has 0 radical (unpaired) electrons. The molecule has 1 aromatic heterocycles. The van der Waals surface area contributed by atoms with Crippen LogP contribution in [0.15, 0.2) is 77.1 Å². The number of nitrogens with zero attached hydrogens (tertiary/aromatic N) is 4. The van der Waals surface area contributed by atoms with Gasteiger partial charge in [-0.15, -0.1) is 6.58 Å². The molecule has 0 aliphatic carbocycles. The molecule has 0 saturated carbocycles. The van der Waals surface area contributed by atoms with Gasteiger partial charge in [0.15, 0.2) is 0 Å². The fraction of sp³-hybridized carbons (Fsp3) is 0.0952. The third-order valence-corrected chi connectivity index (χ3v) is 6.92. The fourth-order valence-electron chi connectivity index (χ4n) is 2.84. The largest absolute Gasteiger partial charge is 0.291 e. The molecule has 0 saturated heterocycles. The SMILES string of the molecule is C=CCN(Cc1cccc(C#N)c1)S(=O)(=O)c1ccc(-n2ncc(Cl)c(Cl)c2=O)cc1. The summed E-state index contributed by atoms with van der Waals surface area (Å²) >= 11 is 11.7. The van der Waals surface area contributed by atoms with Crippen molar-refractivity contribution in [1.29, 1.82) is 5.26 Å². The van der Waals surface area contributed by atoms with Crippen LogP contribution in [0.5, 0.6) is 0 Å². The van der Waals surface area contributed by atoms with E-state index in [4.69, 9.17) is 28.5 Å². The predicted molar refractivity (Wildman–Crippen MR) is 119 cm³/mol. The van der Waals surface area contributed by atoms with Crippen LogP contribution in [0, 0.1) is 11.3 Å². The summed E-state index contributed by atoms with van der Waals surface area (Å²) in [5, 5.41) is 12.8. The third-order valence-electron chi connectivity index (χ3n) is 4.34. The molecule has 7 nitrogen and oxygen atoms in total. The smallest absolute Gasteiger partial charge is 0.266 e. The molecule has 2 aromatic carbocycles. The van der Waals surface area contributed by atoms with E-state index in [2.05, 4.69) is 11.7 Å². The first-order valence-electron chi connectivity index (χ1n) is 8.92. The maximum absolute atomic E-state index is 13.2. The molecule has 0 N–H and O–H groups in total. The number of hydrogen-bond acceptors (Lipinski definition) is 5. The lowest BCUT2D eigenvalue weighted by atomic mass is 10.1. The number of benzene rings is 2. The molecule has 0 aliphatic rings. The van der Waals surface area contributed by atoms with E-state index in [1.165, 1.54) is 40.8 Å². The van der Waals surface area contributed by atoms with Crippen molar-refractivity contribution in [3.8, 4) is 11.8 Å². The zero-order chi connectivity index (χ0) is 22.6. The standard InChI is InChI=1S/C21H16Cl2N4O3S/c1-2-10-26(14-16-5-3-4-15(11-16)12-24)31(29,30)18-8-6-17(7-9-18)27-21(28)20(23)19(22)13-25-27/h2-9,11,13H,1,10,14H2. The Morgan fingerprint density at radius 1 is 1.19 bits per heavy atom. The van der Waals surface area contributed by atoms with Crippen LogP contribution >= 0.6 is 23.2 Å². The van der Waals surface area contributed by atoms with Gasteiger partial charge in [0.1, 0.15) is 5.02 Å². The van der Waals surface area contributed by atoms with Crippen molar-refractivity contribution in [2.45, 2.75) is 11.4 Å². The molecule has 0 bridgehead atoms. The normalized spacial score (nSPS) is 11.3. The number of rotatable bonds is 7. The highest BCUT2D eigenvalue weighted by atomic mass is 35.5. The van der Waals surface area contributed by atoms with Gasteiger partial charge in [-0.2, -0.15) is 19.3 Å². The monoisotopic (exact) mass is 474 g/mol. The number of sulfonamides is 1. The second-order valence-electron chi connectivity index (χ2n) is 6.42. The number of hydrogen-bond donors (Lipinski definition) is 0. The molecule has 0 amide bonds. The van der Waals surface area contributed by atoms with Crippen molar-refractivity contribution in [3.63, 3.8) is 0 Å². The maximum atomic E-state index is 13.2. The zero-order valence-electron chi connectivity index (χ0n) is 16.1. The minimum atomic E-state index is -3.88. The molecule has 0 unspecified atom stereocenters. The van der Waals surface area contributed by atoms with Gasteiger partial charge >= 0.3 is 0 Å². The van der Waals surface area contributed by atoms with Gasteiger partial charge < -0.3 is 0 Å². The Bertz CT molecular complexity index is 1330. The van der Waals surface area contributed by atoms with Crippen LogP contribution in [0.1, 0.15) is 11.1 Å². The van der Waals surface area contributed by atoms with Crippen molar-refractivity contribution >= 4 is 33.2 Å². The summed E-state index contributed by atoms with van der Waals surface area (Å²) in [7, 11) is -3.88. The van der Waals surface area contributed by atoms with E-state index >= 15 is 0 Å². The maximum Gasteiger partial charge on any atom is 0.291 e. The van der Waals surface area contributed by atoms with E-state index in [0.29, 0.717) is 16.8 Å². The van der Waals surface area contributed by atoms with Crippen LogP contribution in [-0.2, 0) is 16.6 Å². The van der Waals surface area contributed by atoms with E-state index < -0.39 is 15.6 Å². The van der Waals surface area contributed by atoms with Crippen LogP contribution in [0.2, 0.25) is 10.0 Å². The fourth-order valence-corrected chi connectivity index (χ4v) is 4.49. The Morgan fingerprint density at radius 3 is 2.55 bits per heavy atom. The van der Waals surface area contributed by atoms with Gasteiger partial charge in [0.05, 0.1) is 33.4 Å². The lowest BCUT2D eigenvalue weighted by Crippen LogP contribution is -2.31. The molecule has 3 aromatic rings. The Balaban J connectivity index is 1.94. The third kappa shape index (κ3) is 4.86. The van der Waals surface area contributed by atoms with Gasteiger partial charge in [-0.3, -0.25) is 4.79 Å². The van der Waals surface area contributed by atoms with Crippen molar-refractivity contribution in [2.75, 3.05) is 6.54 Å². The van der Waals surface area contributed by atoms with Gasteiger partial charge in [0.2, 0.25) is 10.0 Å². The lowest BCUT2D eigenvalue weighted by Gasteiger charge is -2.21. The Kier molecular flexibility index (Phi) is 6.93. The topological polar surface area (TPSA) is 96.1 Å². The highest BCUT2D eigenvalue weighted by Gasteiger charge is 2.24. The molecule has 3 rings (SSSR count). The van der Waals surface area contributed by atoms with Gasteiger partial charge in [-0.25, -0.2) is 8.42 Å². The average Bonchev–Trinajstić information content (AvgIpc) is 2.77. The van der Waals surface area contributed by atoms with E-state index in [1.807, 2.05) is 6.07 Å². The molecule has 158 valence electrons.